The van der Waals surface area contributed by atoms with Gasteiger partial charge in [-0.25, -0.2) is 9.78 Å². The summed E-state index contributed by atoms with van der Waals surface area (Å²) < 4.78 is 15.8. The van der Waals surface area contributed by atoms with Gasteiger partial charge in [0, 0.05) is 16.5 Å². The average Bonchev–Trinajstić information content (AvgIpc) is 3.30. The van der Waals surface area contributed by atoms with E-state index >= 15 is 0 Å². The van der Waals surface area contributed by atoms with Gasteiger partial charge in [-0.3, -0.25) is 4.79 Å². The maximum Gasteiger partial charge on any atom is 0.331 e. The van der Waals surface area contributed by atoms with Crippen LogP contribution in [0.2, 0.25) is 0 Å². The number of aliphatic hydroxyl groups excluding tert-OH is 1. The monoisotopic (exact) mass is 442 g/mol. The number of aromatic nitrogens is 1. The molecule has 8 nitrogen and oxygen atoms in total. The molecule has 0 aliphatic rings. The number of aliphatic hydroxyl groups is 1. The quantitative estimate of drug-likeness (QED) is 0.491. The van der Waals surface area contributed by atoms with Crippen LogP contribution in [-0.2, 0) is 16.1 Å². The number of carbonyl (C=O) groups excluding carboxylic acids is 2. The number of nitrogens with one attached hydrogen (secondary N) is 1. The van der Waals surface area contributed by atoms with E-state index in [1.54, 1.807) is 56.0 Å². The highest BCUT2D eigenvalue weighted by Gasteiger charge is 2.22. The topological polar surface area (TPSA) is 107 Å². The molecule has 0 aliphatic heterocycles. The van der Waals surface area contributed by atoms with Crippen LogP contribution in [0.1, 0.15) is 16.1 Å². The van der Waals surface area contributed by atoms with Gasteiger partial charge >= 0.3 is 5.97 Å². The van der Waals surface area contributed by atoms with Crippen LogP contribution in [0.5, 0.6) is 11.5 Å². The number of benzene rings is 2. The molecule has 3 aromatic rings. The van der Waals surface area contributed by atoms with Gasteiger partial charge in [0.2, 0.25) is 0 Å². The normalized spacial score (nSPS) is 11.5. The molecule has 1 aromatic heterocycles. The molecule has 162 valence electrons. The van der Waals surface area contributed by atoms with Crippen molar-refractivity contribution in [3.05, 3.63) is 65.2 Å². The molecule has 0 aliphatic carbocycles. The van der Waals surface area contributed by atoms with Gasteiger partial charge in [-0.05, 0) is 30.3 Å². The van der Waals surface area contributed by atoms with E-state index in [0.29, 0.717) is 22.8 Å². The van der Waals surface area contributed by atoms with E-state index in [0.717, 1.165) is 10.6 Å². The van der Waals surface area contributed by atoms with E-state index in [-0.39, 0.29) is 6.61 Å². The highest BCUT2D eigenvalue weighted by Crippen LogP contribution is 2.33. The van der Waals surface area contributed by atoms with E-state index in [2.05, 4.69) is 10.3 Å². The molecule has 2 aromatic carbocycles. The molecule has 2 N–H and O–H groups in total. The molecular weight excluding hydrogens is 420 g/mol. The number of thiazole rings is 1. The van der Waals surface area contributed by atoms with E-state index in [4.69, 9.17) is 14.2 Å². The van der Waals surface area contributed by atoms with E-state index in [1.807, 2.05) is 12.1 Å². The largest absolute Gasteiger partial charge is 0.493 e. The van der Waals surface area contributed by atoms with E-state index < -0.39 is 24.5 Å². The summed E-state index contributed by atoms with van der Waals surface area (Å²) in [5.41, 5.74) is 1.77. The molecule has 9 heteroatoms. The zero-order valence-corrected chi connectivity index (χ0v) is 17.8. The van der Waals surface area contributed by atoms with Crippen LogP contribution in [0, 0.1) is 0 Å². The first-order chi connectivity index (χ1) is 15.0. The zero-order chi connectivity index (χ0) is 22.2. The van der Waals surface area contributed by atoms with Crippen molar-refractivity contribution in [2.45, 2.75) is 12.6 Å². The third kappa shape index (κ3) is 5.59. The number of carbonyl (C=O) groups is 2. The second-order valence-corrected chi connectivity index (χ2v) is 7.25. The summed E-state index contributed by atoms with van der Waals surface area (Å²) in [5.74, 6) is -0.0128. The van der Waals surface area contributed by atoms with Gasteiger partial charge < -0.3 is 24.6 Å². The Bertz CT molecular complexity index is 1040. The third-order valence-electron chi connectivity index (χ3n) is 4.35. The second-order valence-electron chi connectivity index (χ2n) is 6.40. The summed E-state index contributed by atoms with van der Waals surface area (Å²) in [7, 11) is 3.12. The highest BCUT2D eigenvalue weighted by molar-refractivity contribution is 7.13. The minimum Gasteiger partial charge on any atom is -0.493 e. The van der Waals surface area contributed by atoms with Crippen molar-refractivity contribution in [2.24, 2.45) is 0 Å². The molecule has 0 saturated heterocycles. The van der Waals surface area contributed by atoms with Crippen LogP contribution < -0.4 is 14.8 Å². The molecular formula is C22H22N2O6S. The molecule has 1 heterocycles. The van der Waals surface area contributed by atoms with Gasteiger partial charge in [0.25, 0.3) is 5.91 Å². The lowest BCUT2D eigenvalue weighted by Crippen LogP contribution is -2.44. The first kappa shape index (κ1) is 22.3. The lowest BCUT2D eigenvalue weighted by atomic mass is 10.2. The Labute approximate surface area is 183 Å². The lowest BCUT2D eigenvalue weighted by molar-refractivity contribution is -0.148. The summed E-state index contributed by atoms with van der Waals surface area (Å²) in [5, 5.41) is 14.4. The molecule has 0 saturated carbocycles. The molecule has 1 atom stereocenters. The van der Waals surface area contributed by atoms with Crippen LogP contribution in [0.25, 0.3) is 10.6 Å². The number of nitrogens with zero attached hydrogens (tertiary/aromatic N) is 1. The average molecular weight is 442 g/mol. The number of hydrogen-bond acceptors (Lipinski definition) is 8. The Balaban J connectivity index is 1.60. The Hall–Kier alpha value is -3.43. The number of esters is 1. The van der Waals surface area contributed by atoms with Crippen LogP contribution in [-0.4, -0.2) is 48.8 Å². The summed E-state index contributed by atoms with van der Waals surface area (Å²) in [4.78, 5) is 29.0. The molecule has 0 spiro atoms. The summed E-state index contributed by atoms with van der Waals surface area (Å²) >= 11 is 1.39. The van der Waals surface area contributed by atoms with Crippen molar-refractivity contribution in [1.82, 2.24) is 10.3 Å². The molecule has 0 fully saturated rings. The zero-order valence-electron chi connectivity index (χ0n) is 17.0. The fraction of sp³-hybridized carbons (Fsp3) is 0.227. The summed E-state index contributed by atoms with van der Waals surface area (Å²) in [6.45, 7) is -0.661. The molecule has 0 bridgehead atoms. The van der Waals surface area contributed by atoms with Gasteiger partial charge in [-0.1, -0.05) is 18.2 Å². The maximum absolute atomic E-state index is 12.3. The predicted molar refractivity (Wildman–Crippen MR) is 115 cm³/mol. The number of rotatable bonds is 9. The minimum atomic E-state index is -1.17. The molecule has 3 rings (SSSR count). The first-order valence-electron chi connectivity index (χ1n) is 9.36. The minimum absolute atomic E-state index is 0.0830. The fourth-order valence-electron chi connectivity index (χ4n) is 2.73. The summed E-state index contributed by atoms with van der Waals surface area (Å²) in [6, 6.07) is 12.7. The lowest BCUT2D eigenvalue weighted by Gasteiger charge is -2.15. The smallest absolute Gasteiger partial charge is 0.331 e. The van der Waals surface area contributed by atoms with Crippen molar-refractivity contribution >= 4 is 23.2 Å². The van der Waals surface area contributed by atoms with Crippen LogP contribution in [0.4, 0.5) is 0 Å². The molecule has 0 radical (unpaired) electrons. The number of ether oxygens (including phenoxy) is 3. The molecule has 1 amide bonds. The van der Waals surface area contributed by atoms with E-state index in [1.165, 1.54) is 11.3 Å². The number of hydrogen-bond donors (Lipinski definition) is 2. The van der Waals surface area contributed by atoms with Crippen molar-refractivity contribution in [3.8, 4) is 22.1 Å². The van der Waals surface area contributed by atoms with Crippen molar-refractivity contribution in [3.63, 3.8) is 0 Å². The van der Waals surface area contributed by atoms with Crippen molar-refractivity contribution in [1.29, 1.82) is 0 Å². The van der Waals surface area contributed by atoms with Gasteiger partial charge in [-0.2, -0.15) is 0 Å². The van der Waals surface area contributed by atoms with Gasteiger partial charge in [0.1, 0.15) is 11.6 Å². The molecule has 31 heavy (non-hydrogen) atoms. The fourth-order valence-corrected chi connectivity index (χ4v) is 3.53. The Morgan fingerprint density at radius 1 is 1.10 bits per heavy atom. The highest BCUT2D eigenvalue weighted by atomic mass is 32.1. The first-order valence-corrected chi connectivity index (χ1v) is 10.2. The Morgan fingerprint density at radius 3 is 2.52 bits per heavy atom. The van der Waals surface area contributed by atoms with E-state index in [9.17, 15) is 14.7 Å². The molecule has 1 unspecified atom stereocenters. The third-order valence-corrected chi connectivity index (χ3v) is 5.29. The van der Waals surface area contributed by atoms with Crippen molar-refractivity contribution < 1.29 is 28.9 Å². The number of amides is 1. The van der Waals surface area contributed by atoms with Gasteiger partial charge in [-0.15, -0.1) is 11.3 Å². The SMILES string of the molecule is COc1ccc(-c2nc(COC(=O)C(CO)NC(=O)c3ccccc3)cs2)cc1OC. The second kappa shape index (κ2) is 10.6. The van der Waals surface area contributed by atoms with Crippen LogP contribution in [0.15, 0.2) is 53.9 Å². The standard InChI is InChI=1S/C22H22N2O6S/c1-28-18-9-8-15(10-19(18)29-2)21-23-16(13-31-21)12-30-22(27)17(11-25)24-20(26)14-6-4-3-5-7-14/h3-10,13,17,25H,11-12H2,1-2H3,(H,24,26). The van der Waals surface area contributed by atoms with Crippen LogP contribution in [0.3, 0.4) is 0 Å². The van der Waals surface area contributed by atoms with Crippen molar-refractivity contribution in [2.75, 3.05) is 20.8 Å². The maximum atomic E-state index is 12.3. The van der Waals surface area contributed by atoms with Gasteiger partial charge in [0.15, 0.2) is 17.5 Å². The predicted octanol–water partition coefficient (Wildman–Crippen LogP) is 2.66. The Kier molecular flexibility index (Phi) is 7.58. The number of methoxy groups -OCH3 is 2. The summed E-state index contributed by atoms with van der Waals surface area (Å²) in [6.07, 6.45) is 0. The Morgan fingerprint density at radius 2 is 1.84 bits per heavy atom. The van der Waals surface area contributed by atoms with Gasteiger partial charge in [0.05, 0.1) is 26.5 Å². The van der Waals surface area contributed by atoms with Crippen LogP contribution >= 0.6 is 11.3 Å².